The molecule has 1 aliphatic rings. The summed E-state index contributed by atoms with van der Waals surface area (Å²) in [5.74, 6) is 1.26. The Bertz CT molecular complexity index is 1180. The van der Waals surface area contributed by atoms with Crippen LogP contribution in [0.25, 0.3) is 0 Å². The standard InChI is InChI=1S/C24H29ClN4O4S/c1-32-21-6-8-22(9-7-21)34(30,31)29(13-12-27-14-16-33-17-15-27)19-24-26-10-11-28(24)18-20-4-2-3-5-23(20)25/h2-11H,12-19H2,1H3. The molecule has 182 valence electrons. The average Bonchev–Trinajstić information content (AvgIpc) is 3.30. The topological polar surface area (TPSA) is 76.9 Å². The van der Waals surface area contributed by atoms with Gasteiger partial charge in [0.05, 0.1) is 38.3 Å². The van der Waals surface area contributed by atoms with E-state index in [2.05, 4.69) is 9.88 Å². The number of sulfonamides is 1. The van der Waals surface area contributed by atoms with Gasteiger partial charge in [-0.3, -0.25) is 4.90 Å². The van der Waals surface area contributed by atoms with Gasteiger partial charge in [0, 0.05) is 43.6 Å². The summed E-state index contributed by atoms with van der Waals surface area (Å²) in [5.41, 5.74) is 0.946. The highest BCUT2D eigenvalue weighted by atomic mass is 35.5. The van der Waals surface area contributed by atoms with Crippen LogP contribution in [0.15, 0.2) is 65.8 Å². The van der Waals surface area contributed by atoms with Crippen LogP contribution in [0.3, 0.4) is 0 Å². The van der Waals surface area contributed by atoms with Crippen molar-refractivity contribution < 1.29 is 17.9 Å². The molecule has 2 aromatic carbocycles. The van der Waals surface area contributed by atoms with E-state index in [1.54, 1.807) is 37.6 Å². The highest BCUT2D eigenvalue weighted by Crippen LogP contribution is 2.22. The van der Waals surface area contributed by atoms with Gasteiger partial charge in [-0.2, -0.15) is 4.31 Å². The van der Waals surface area contributed by atoms with Gasteiger partial charge in [0.15, 0.2) is 0 Å². The lowest BCUT2D eigenvalue weighted by Gasteiger charge is -2.29. The Balaban J connectivity index is 1.58. The van der Waals surface area contributed by atoms with E-state index in [9.17, 15) is 8.42 Å². The minimum atomic E-state index is -3.76. The molecule has 0 spiro atoms. The number of morpholine rings is 1. The Hall–Kier alpha value is -2.43. The van der Waals surface area contributed by atoms with Crippen LogP contribution < -0.4 is 4.74 Å². The number of hydrogen-bond acceptors (Lipinski definition) is 6. The summed E-state index contributed by atoms with van der Waals surface area (Å²) < 4.78 is 41.3. The molecule has 0 saturated carbocycles. The van der Waals surface area contributed by atoms with E-state index in [1.165, 1.54) is 4.31 Å². The van der Waals surface area contributed by atoms with Crippen LogP contribution >= 0.6 is 11.6 Å². The zero-order valence-electron chi connectivity index (χ0n) is 19.1. The first kappa shape index (κ1) is 24.7. The van der Waals surface area contributed by atoms with Crippen molar-refractivity contribution in [3.05, 3.63) is 77.3 Å². The smallest absolute Gasteiger partial charge is 0.243 e. The lowest BCUT2D eigenvalue weighted by atomic mass is 10.2. The maximum Gasteiger partial charge on any atom is 0.243 e. The van der Waals surface area contributed by atoms with Crippen LogP contribution in [-0.2, 0) is 27.8 Å². The fourth-order valence-electron chi connectivity index (χ4n) is 3.86. The molecule has 2 heterocycles. The second-order valence-electron chi connectivity index (χ2n) is 8.03. The quantitative estimate of drug-likeness (QED) is 0.422. The summed E-state index contributed by atoms with van der Waals surface area (Å²) in [7, 11) is -2.21. The molecule has 0 bridgehead atoms. The molecule has 0 radical (unpaired) electrons. The van der Waals surface area contributed by atoms with Crippen LogP contribution in [0.5, 0.6) is 5.75 Å². The van der Waals surface area contributed by atoms with Crippen molar-refractivity contribution in [2.24, 2.45) is 0 Å². The predicted octanol–water partition coefficient (Wildman–Crippen LogP) is 3.12. The molecular weight excluding hydrogens is 476 g/mol. The fraction of sp³-hybridized carbons (Fsp3) is 0.375. The molecule has 0 unspecified atom stereocenters. The van der Waals surface area contributed by atoms with Crippen molar-refractivity contribution in [2.45, 2.75) is 18.0 Å². The number of halogens is 1. The molecule has 0 atom stereocenters. The molecule has 3 aromatic rings. The van der Waals surface area contributed by atoms with Crippen molar-refractivity contribution in [3.63, 3.8) is 0 Å². The second-order valence-corrected chi connectivity index (χ2v) is 10.4. The number of ether oxygens (including phenoxy) is 2. The Morgan fingerprint density at radius 1 is 1.12 bits per heavy atom. The molecule has 0 N–H and O–H groups in total. The maximum atomic E-state index is 13.6. The Labute approximate surface area is 205 Å². The zero-order chi connectivity index (χ0) is 24.0. The molecule has 0 amide bonds. The van der Waals surface area contributed by atoms with Gasteiger partial charge in [-0.25, -0.2) is 13.4 Å². The molecule has 10 heteroatoms. The minimum Gasteiger partial charge on any atom is -0.497 e. The Kier molecular flexibility index (Phi) is 8.23. The second kappa shape index (κ2) is 11.3. The molecule has 4 rings (SSSR count). The van der Waals surface area contributed by atoms with Gasteiger partial charge in [0.1, 0.15) is 11.6 Å². The predicted molar refractivity (Wildman–Crippen MR) is 131 cm³/mol. The summed E-state index contributed by atoms with van der Waals surface area (Å²) in [6.07, 6.45) is 3.53. The number of hydrogen-bond donors (Lipinski definition) is 0. The minimum absolute atomic E-state index is 0.149. The van der Waals surface area contributed by atoms with Crippen LogP contribution in [-0.4, -0.2) is 73.7 Å². The lowest BCUT2D eigenvalue weighted by Crippen LogP contribution is -2.43. The van der Waals surface area contributed by atoms with Crippen molar-refractivity contribution in [3.8, 4) is 5.75 Å². The zero-order valence-corrected chi connectivity index (χ0v) is 20.7. The lowest BCUT2D eigenvalue weighted by molar-refractivity contribution is 0.0360. The van der Waals surface area contributed by atoms with E-state index >= 15 is 0 Å². The van der Waals surface area contributed by atoms with Crippen LogP contribution in [0.1, 0.15) is 11.4 Å². The monoisotopic (exact) mass is 504 g/mol. The van der Waals surface area contributed by atoms with Crippen LogP contribution in [0, 0.1) is 0 Å². The third-order valence-corrected chi connectivity index (χ3v) is 8.11. The highest BCUT2D eigenvalue weighted by Gasteiger charge is 2.27. The summed E-state index contributed by atoms with van der Waals surface area (Å²) in [5, 5.41) is 0.664. The van der Waals surface area contributed by atoms with Crippen LogP contribution in [0.2, 0.25) is 5.02 Å². The first-order valence-corrected chi connectivity index (χ1v) is 13.0. The Morgan fingerprint density at radius 2 is 1.85 bits per heavy atom. The van der Waals surface area contributed by atoms with Gasteiger partial charge >= 0.3 is 0 Å². The first-order chi connectivity index (χ1) is 16.5. The third-order valence-electron chi connectivity index (χ3n) is 5.88. The molecule has 1 aromatic heterocycles. The van der Waals surface area contributed by atoms with Gasteiger partial charge in [0.2, 0.25) is 10.0 Å². The number of nitrogens with zero attached hydrogens (tertiary/aromatic N) is 4. The van der Waals surface area contributed by atoms with E-state index < -0.39 is 10.0 Å². The first-order valence-electron chi connectivity index (χ1n) is 11.1. The molecule has 34 heavy (non-hydrogen) atoms. The number of benzene rings is 2. The van der Waals surface area contributed by atoms with E-state index in [4.69, 9.17) is 21.1 Å². The van der Waals surface area contributed by atoms with E-state index in [0.29, 0.717) is 49.4 Å². The molecule has 0 aliphatic carbocycles. The van der Waals surface area contributed by atoms with Crippen molar-refractivity contribution in [1.82, 2.24) is 18.8 Å². The van der Waals surface area contributed by atoms with E-state index in [-0.39, 0.29) is 11.4 Å². The molecule has 1 aliphatic heterocycles. The SMILES string of the molecule is COc1ccc(S(=O)(=O)N(CCN2CCOCC2)Cc2nccn2Cc2ccccc2Cl)cc1. The Morgan fingerprint density at radius 3 is 2.56 bits per heavy atom. The van der Waals surface area contributed by atoms with Gasteiger partial charge in [-0.1, -0.05) is 29.8 Å². The molecule has 1 saturated heterocycles. The highest BCUT2D eigenvalue weighted by molar-refractivity contribution is 7.89. The van der Waals surface area contributed by atoms with Crippen molar-refractivity contribution in [1.29, 1.82) is 0 Å². The van der Waals surface area contributed by atoms with Gasteiger partial charge in [0.25, 0.3) is 0 Å². The normalized spacial score (nSPS) is 15.0. The van der Waals surface area contributed by atoms with Crippen molar-refractivity contribution >= 4 is 21.6 Å². The van der Waals surface area contributed by atoms with Crippen molar-refractivity contribution in [2.75, 3.05) is 46.5 Å². The molecular formula is C24H29ClN4O4S. The summed E-state index contributed by atoms with van der Waals surface area (Å²) >= 11 is 6.35. The fourth-order valence-corrected chi connectivity index (χ4v) is 5.44. The van der Waals surface area contributed by atoms with Gasteiger partial charge in [-0.15, -0.1) is 0 Å². The number of rotatable bonds is 10. The van der Waals surface area contributed by atoms with Gasteiger partial charge in [-0.05, 0) is 35.9 Å². The average molecular weight is 505 g/mol. The molecule has 1 fully saturated rings. The van der Waals surface area contributed by atoms with Gasteiger partial charge < -0.3 is 14.0 Å². The summed E-state index contributed by atoms with van der Waals surface area (Å²) in [6, 6.07) is 14.1. The van der Waals surface area contributed by atoms with Crippen LogP contribution in [0.4, 0.5) is 0 Å². The summed E-state index contributed by atoms with van der Waals surface area (Å²) in [4.78, 5) is 6.91. The van der Waals surface area contributed by atoms with E-state index in [0.717, 1.165) is 18.7 Å². The number of imidazole rings is 1. The third kappa shape index (κ3) is 5.97. The van der Waals surface area contributed by atoms with E-state index in [1.807, 2.05) is 35.0 Å². The molecule has 8 nitrogen and oxygen atoms in total. The maximum absolute atomic E-state index is 13.6. The number of aromatic nitrogens is 2. The number of methoxy groups -OCH3 is 1. The largest absolute Gasteiger partial charge is 0.497 e. The summed E-state index contributed by atoms with van der Waals surface area (Å²) in [6.45, 7) is 4.51.